The number of pyridine rings is 1. The molecule has 0 amide bonds. The lowest BCUT2D eigenvalue weighted by Gasteiger charge is -2.15. The first-order valence-corrected chi connectivity index (χ1v) is 7.32. The second-order valence-electron chi connectivity index (χ2n) is 5.82. The van der Waals surface area contributed by atoms with Gasteiger partial charge in [0.15, 0.2) is 0 Å². The lowest BCUT2D eigenvalue weighted by atomic mass is 10.0. The summed E-state index contributed by atoms with van der Waals surface area (Å²) in [6.45, 7) is 6.21. The van der Waals surface area contributed by atoms with Gasteiger partial charge in [0.25, 0.3) is 5.56 Å². The molecule has 2 aromatic carbocycles. The van der Waals surface area contributed by atoms with Crippen LogP contribution < -0.4 is 5.56 Å². The lowest BCUT2D eigenvalue weighted by Crippen LogP contribution is -2.22. The van der Waals surface area contributed by atoms with Crippen LogP contribution in [0.2, 0.25) is 0 Å². The normalized spacial score (nSPS) is 11.1. The van der Waals surface area contributed by atoms with Gasteiger partial charge in [-0.15, -0.1) is 0 Å². The van der Waals surface area contributed by atoms with Crippen LogP contribution >= 0.6 is 0 Å². The van der Waals surface area contributed by atoms with Crippen molar-refractivity contribution in [1.82, 2.24) is 4.57 Å². The number of aryl methyl sites for hydroxylation is 3. The highest BCUT2D eigenvalue weighted by molar-refractivity contribution is 5.86. The van der Waals surface area contributed by atoms with Crippen LogP contribution in [0, 0.1) is 26.6 Å². The molecule has 3 heteroatoms. The molecule has 0 aliphatic rings. The predicted octanol–water partition coefficient (Wildman–Crippen LogP) is 4.11. The molecule has 0 saturated carbocycles. The number of nitrogens with zero attached hydrogens (tertiary/aromatic N) is 1. The average Bonchev–Trinajstić information content (AvgIpc) is 2.45. The number of aromatic nitrogens is 1. The summed E-state index contributed by atoms with van der Waals surface area (Å²) in [5.41, 5.74) is 4.46. The molecule has 22 heavy (non-hydrogen) atoms. The molecule has 0 fully saturated rings. The summed E-state index contributed by atoms with van der Waals surface area (Å²) in [6.07, 6.45) is 0. The lowest BCUT2D eigenvalue weighted by molar-refractivity contribution is 0.599. The molecule has 0 bridgehead atoms. The second-order valence-corrected chi connectivity index (χ2v) is 5.82. The molecule has 112 valence electrons. The van der Waals surface area contributed by atoms with Crippen LogP contribution in [0.25, 0.3) is 10.9 Å². The number of hydrogen-bond donors (Lipinski definition) is 0. The number of benzene rings is 2. The van der Waals surface area contributed by atoms with E-state index in [1.54, 1.807) is 28.8 Å². The molecule has 0 aliphatic carbocycles. The summed E-state index contributed by atoms with van der Waals surface area (Å²) in [7, 11) is 0. The smallest absolute Gasteiger partial charge is 0.251 e. The van der Waals surface area contributed by atoms with E-state index in [-0.39, 0.29) is 17.9 Å². The molecular formula is C19H18FNO. The van der Waals surface area contributed by atoms with Gasteiger partial charge in [0, 0.05) is 17.0 Å². The van der Waals surface area contributed by atoms with Crippen LogP contribution in [-0.2, 0) is 6.54 Å². The van der Waals surface area contributed by atoms with E-state index in [2.05, 4.69) is 12.1 Å². The third-order valence-corrected chi connectivity index (χ3v) is 4.03. The van der Waals surface area contributed by atoms with Crippen molar-refractivity contribution in [2.24, 2.45) is 0 Å². The van der Waals surface area contributed by atoms with Crippen molar-refractivity contribution in [3.05, 3.63) is 80.9 Å². The quantitative estimate of drug-likeness (QED) is 0.697. The van der Waals surface area contributed by atoms with Gasteiger partial charge in [0.2, 0.25) is 0 Å². The zero-order valence-corrected chi connectivity index (χ0v) is 13.0. The first-order valence-electron chi connectivity index (χ1n) is 7.32. The zero-order chi connectivity index (χ0) is 15.9. The van der Waals surface area contributed by atoms with Crippen molar-refractivity contribution >= 4 is 10.9 Å². The molecule has 1 heterocycles. The van der Waals surface area contributed by atoms with Crippen molar-refractivity contribution in [3.8, 4) is 0 Å². The fourth-order valence-corrected chi connectivity index (χ4v) is 3.02. The van der Waals surface area contributed by atoms with Crippen molar-refractivity contribution in [2.75, 3.05) is 0 Å². The van der Waals surface area contributed by atoms with Crippen molar-refractivity contribution in [1.29, 1.82) is 0 Å². The Hall–Kier alpha value is -2.42. The van der Waals surface area contributed by atoms with Crippen molar-refractivity contribution < 1.29 is 4.39 Å². The summed E-state index contributed by atoms with van der Waals surface area (Å²) in [5.74, 6) is -0.284. The number of halogens is 1. The first kappa shape index (κ1) is 14.5. The van der Waals surface area contributed by atoms with Crippen LogP contribution in [0.1, 0.15) is 22.3 Å². The monoisotopic (exact) mass is 295 g/mol. The minimum absolute atomic E-state index is 0.0970. The summed E-state index contributed by atoms with van der Waals surface area (Å²) < 4.78 is 15.6. The van der Waals surface area contributed by atoms with Gasteiger partial charge in [0.1, 0.15) is 5.82 Å². The highest BCUT2D eigenvalue weighted by Crippen LogP contribution is 2.23. The SMILES string of the molecule is Cc1cc(C)c2c(c1)c(C)cc(=O)n2Cc1ccccc1F. The topological polar surface area (TPSA) is 22.0 Å². The highest BCUT2D eigenvalue weighted by Gasteiger charge is 2.11. The van der Waals surface area contributed by atoms with Gasteiger partial charge in [0.05, 0.1) is 12.1 Å². The predicted molar refractivity (Wildman–Crippen MR) is 87.9 cm³/mol. The Morgan fingerprint density at radius 2 is 1.73 bits per heavy atom. The summed E-state index contributed by atoms with van der Waals surface area (Å²) in [6, 6.07) is 12.3. The van der Waals surface area contributed by atoms with Gasteiger partial charge < -0.3 is 4.57 Å². The highest BCUT2D eigenvalue weighted by atomic mass is 19.1. The zero-order valence-electron chi connectivity index (χ0n) is 13.0. The summed E-state index contributed by atoms with van der Waals surface area (Å²) in [5, 5.41) is 1.05. The molecule has 0 saturated heterocycles. The third-order valence-electron chi connectivity index (χ3n) is 4.03. The van der Waals surface area contributed by atoms with Gasteiger partial charge in [-0.2, -0.15) is 0 Å². The Labute approximate surface area is 128 Å². The van der Waals surface area contributed by atoms with Gasteiger partial charge in [-0.05, 0) is 44.0 Å². The fourth-order valence-electron chi connectivity index (χ4n) is 3.02. The molecule has 1 aromatic heterocycles. The Bertz CT molecular complexity index is 925. The molecule has 0 N–H and O–H groups in total. The van der Waals surface area contributed by atoms with Crippen molar-refractivity contribution in [3.63, 3.8) is 0 Å². The molecule has 3 aromatic rings. The van der Waals surface area contributed by atoms with E-state index in [0.29, 0.717) is 5.56 Å². The van der Waals surface area contributed by atoms with E-state index in [0.717, 1.165) is 27.6 Å². The van der Waals surface area contributed by atoms with E-state index in [4.69, 9.17) is 0 Å². The third kappa shape index (κ3) is 2.43. The Balaban J connectivity index is 2.30. The molecule has 0 spiro atoms. The summed E-state index contributed by atoms with van der Waals surface area (Å²) in [4.78, 5) is 12.4. The molecule has 3 rings (SSSR count). The van der Waals surface area contributed by atoms with Crippen LogP contribution in [0.5, 0.6) is 0 Å². The number of fused-ring (bicyclic) bond motifs is 1. The van der Waals surface area contributed by atoms with Crippen molar-refractivity contribution in [2.45, 2.75) is 27.3 Å². The van der Waals surface area contributed by atoms with Gasteiger partial charge in [-0.1, -0.05) is 29.8 Å². The molecule has 0 aliphatic heterocycles. The van der Waals surface area contributed by atoms with Crippen LogP contribution in [0.15, 0.2) is 47.3 Å². The maximum absolute atomic E-state index is 13.9. The van der Waals surface area contributed by atoms with Crippen LogP contribution in [0.3, 0.4) is 0 Å². The van der Waals surface area contributed by atoms with Gasteiger partial charge in [-0.3, -0.25) is 4.79 Å². The molecule has 0 unspecified atom stereocenters. The fraction of sp³-hybridized carbons (Fsp3) is 0.211. The van der Waals surface area contributed by atoms with E-state index in [1.165, 1.54) is 6.07 Å². The van der Waals surface area contributed by atoms with Crippen LogP contribution in [0.4, 0.5) is 4.39 Å². The van der Waals surface area contributed by atoms with Crippen LogP contribution in [-0.4, -0.2) is 4.57 Å². The molecule has 0 atom stereocenters. The maximum Gasteiger partial charge on any atom is 0.251 e. The van der Waals surface area contributed by atoms with E-state index < -0.39 is 0 Å². The van der Waals surface area contributed by atoms with E-state index >= 15 is 0 Å². The molecule has 0 radical (unpaired) electrons. The minimum atomic E-state index is -0.284. The van der Waals surface area contributed by atoms with Gasteiger partial charge >= 0.3 is 0 Å². The van der Waals surface area contributed by atoms with E-state index in [1.807, 2.05) is 20.8 Å². The Morgan fingerprint density at radius 1 is 1.00 bits per heavy atom. The molecular weight excluding hydrogens is 277 g/mol. The number of rotatable bonds is 2. The Morgan fingerprint density at radius 3 is 2.45 bits per heavy atom. The standard InChI is InChI=1S/C19H18FNO/c1-12-8-14(3)19-16(9-12)13(2)10-18(22)21(19)11-15-6-4-5-7-17(15)20/h4-10H,11H2,1-3H3. The minimum Gasteiger partial charge on any atom is -0.303 e. The van der Waals surface area contributed by atoms with Gasteiger partial charge in [-0.25, -0.2) is 4.39 Å². The van der Waals surface area contributed by atoms with E-state index in [9.17, 15) is 9.18 Å². The Kier molecular flexibility index (Phi) is 3.57. The number of hydrogen-bond acceptors (Lipinski definition) is 1. The second kappa shape index (κ2) is 5.41. The summed E-state index contributed by atoms with van der Waals surface area (Å²) >= 11 is 0. The largest absolute Gasteiger partial charge is 0.303 e. The first-order chi connectivity index (χ1) is 10.5. The molecule has 2 nitrogen and oxygen atoms in total. The maximum atomic E-state index is 13.9. The average molecular weight is 295 g/mol.